The first kappa shape index (κ1) is 21.0. The summed E-state index contributed by atoms with van der Waals surface area (Å²) < 4.78 is 6.87. The highest BCUT2D eigenvalue weighted by Crippen LogP contribution is 2.22. The lowest BCUT2D eigenvalue weighted by Crippen LogP contribution is -2.24. The maximum absolute atomic E-state index is 12.7. The van der Waals surface area contributed by atoms with Gasteiger partial charge in [0.2, 0.25) is 0 Å². The third-order valence-electron chi connectivity index (χ3n) is 4.63. The minimum atomic E-state index is -0.256. The third kappa shape index (κ3) is 5.22. The SMILES string of the molecule is CNc1ccc(CCn2c(/C=C/c3cccc(OC)c3)c(Cl)cc(Cl)c2=O)cc1. The first-order chi connectivity index (χ1) is 14.0. The zero-order valence-electron chi connectivity index (χ0n) is 16.3. The zero-order chi connectivity index (χ0) is 20.8. The van der Waals surface area contributed by atoms with Crippen LogP contribution in [0.5, 0.6) is 5.75 Å². The molecule has 0 atom stereocenters. The number of hydrogen-bond acceptors (Lipinski definition) is 3. The Hall–Kier alpha value is -2.69. The molecule has 0 aliphatic rings. The van der Waals surface area contributed by atoms with Crippen molar-refractivity contribution in [2.24, 2.45) is 0 Å². The predicted molar refractivity (Wildman–Crippen MR) is 122 cm³/mol. The zero-order valence-corrected chi connectivity index (χ0v) is 17.8. The van der Waals surface area contributed by atoms with Gasteiger partial charge in [-0.3, -0.25) is 4.79 Å². The van der Waals surface area contributed by atoms with Crippen LogP contribution in [0.25, 0.3) is 12.2 Å². The van der Waals surface area contributed by atoms with E-state index in [1.165, 1.54) is 6.07 Å². The smallest absolute Gasteiger partial charge is 0.269 e. The Balaban J connectivity index is 1.90. The number of nitrogens with zero attached hydrogens (tertiary/aromatic N) is 1. The van der Waals surface area contributed by atoms with E-state index < -0.39 is 0 Å². The van der Waals surface area contributed by atoms with E-state index in [4.69, 9.17) is 27.9 Å². The van der Waals surface area contributed by atoms with Crippen molar-refractivity contribution in [2.45, 2.75) is 13.0 Å². The molecule has 3 rings (SSSR count). The van der Waals surface area contributed by atoms with Gasteiger partial charge in [0.05, 0.1) is 17.8 Å². The standard InChI is InChI=1S/C23H22Cl2N2O2/c1-26-18-9-6-16(7-10-18)12-13-27-22(20(24)15-21(25)23(27)28)11-8-17-4-3-5-19(14-17)29-2/h3-11,14-15,26H,12-13H2,1-2H3/b11-8+. The number of ether oxygens (including phenoxy) is 1. The van der Waals surface area contributed by atoms with Gasteiger partial charge in [0, 0.05) is 19.3 Å². The Bertz CT molecular complexity index is 1070. The van der Waals surface area contributed by atoms with Gasteiger partial charge in [-0.05, 0) is 54.0 Å². The molecule has 0 aliphatic heterocycles. The fourth-order valence-electron chi connectivity index (χ4n) is 3.01. The average Bonchev–Trinajstić information content (AvgIpc) is 2.75. The van der Waals surface area contributed by atoms with Crippen molar-refractivity contribution in [3.8, 4) is 5.75 Å². The molecule has 0 aliphatic carbocycles. The molecular weight excluding hydrogens is 407 g/mol. The number of anilines is 1. The van der Waals surface area contributed by atoms with E-state index in [-0.39, 0.29) is 10.6 Å². The summed E-state index contributed by atoms with van der Waals surface area (Å²) in [6, 6.07) is 17.2. The predicted octanol–water partition coefficient (Wildman–Crippen LogP) is 5.62. The van der Waals surface area contributed by atoms with E-state index >= 15 is 0 Å². The van der Waals surface area contributed by atoms with Crippen molar-refractivity contribution in [1.82, 2.24) is 4.57 Å². The number of rotatable bonds is 7. The summed E-state index contributed by atoms with van der Waals surface area (Å²) in [7, 11) is 3.50. The van der Waals surface area contributed by atoms with Crippen molar-refractivity contribution in [1.29, 1.82) is 0 Å². The first-order valence-electron chi connectivity index (χ1n) is 9.19. The molecule has 1 N–H and O–H groups in total. The molecule has 150 valence electrons. The summed E-state index contributed by atoms with van der Waals surface area (Å²) in [5, 5.41) is 3.63. The van der Waals surface area contributed by atoms with Crippen LogP contribution in [0.1, 0.15) is 16.8 Å². The van der Waals surface area contributed by atoms with E-state index in [1.807, 2.05) is 67.7 Å². The molecule has 4 nitrogen and oxygen atoms in total. The van der Waals surface area contributed by atoms with Crippen LogP contribution in [-0.2, 0) is 13.0 Å². The van der Waals surface area contributed by atoms with Crippen molar-refractivity contribution in [3.63, 3.8) is 0 Å². The maximum Gasteiger partial charge on any atom is 0.269 e. The number of pyridine rings is 1. The minimum Gasteiger partial charge on any atom is -0.497 e. The van der Waals surface area contributed by atoms with Gasteiger partial charge in [0.25, 0.3) is 5.56 Å². The van der Waals surface area contributed by atoms with Crippen molar-refractivity contribution in [2.75, 3.05) is 19.5 Å². The summed E-state index contributed by atoms with van der Waals surface area (Å²) in [5.41, 5.74) is 3.47. The van der Waals surface area contributed by atoms with Gasteiger partial charge in [0.15, 0.2) is 0 Å². The minimum absolute atomic E-state index is 0.110. The van der Waals surface area contributed by atoms with Crippen LogP contribution in [-0.4, -0.2) is 18.7 Å². The van der Waals surface area contributed by atoms with Crippen LogP contribution in [0.4, 0.5) is 5.69 Å². The molecule has 0 fully saturated rings. The van der Waals surface area contributed by atoms with Gasteiger partial charge in [0.1, 0.15) is 10.8 Å². The van der Waals surface area contributed by atoms with Crippen LogP contribution in [0.2, 0.25) is 10.0 Å². The van der Waals surface area contributed by atoms with E-state index in [2.05, 4.69) is 5.32 Å². The molecule has 0 amide bonds. The molecular formula is C23H22Cl2N2O2. The van der Waals surface area contributed by atoms with E-state index in [0.717, 1.165) is 22.6 Å². The molecule has 6 heteroatoms. The Morgan fingerprint density at radius 2 is 1.79 bits per heavy atom. The molecule has 0 saturated heterocycles. The van der Waals surface area contributed by atoms with E-state index in [1.54, 1.807) is 11.7 Å². The number of aryl methyl sites for hydroxylation is 1. The van der Waals surface area contributed by atoms with Gasteiger partial charge in [-0.15, -0.1) is 0 Å². The number of halogens is 2. The highest BCUT2D eigenvalue weighted by Gasteiger charge is 2.11. The lowest BCUT2D eigenvalue weighted by molar-refractivity contribution is 0.414. The normalized spacial score (nSPS) is 11.0. The molecule has 0 bridgehead atoms. The second-order valence-electron chi connectivity index (χ2n) is 6.49. The van der Waals surface area contributed by atoms with Gasteiger partial charge in [-0.1, -0.05) is 53.5 Å². The van der Waals surface area contributed by atoms with Crippen molar-refractivity contribution < 1.29 is 4.74 Å². The largest absolute Gasteiger partial charge is 0.497 e. The molecule has 0 saturated carbocycles. The first-order valence-corrected chi connectivity index (χ1v) is 9.95. The monoisotopic (exact) mass is 428 g/mol. The summed E-state index contributed by atoms with van der Waals surface area (Å²) in [4.78, 5) is 12.7. The molecule has 3 aromatic rings. The summed E-state index contributed by atoms with van der Waals surface area (Å²) in [6.45, 7) is 0.468. The Morgan fingerprint density at radius 1 is 1.03 bits per heavy atom. The van der Waals surface area contributed by atoms with Crippen LogP contribution in [0.3, 0.4) is 0 Å². The molecule has 0 unspecified atom stereocenters. The highest BCUT2D eigenvalue weighted by molar-refractivity contribution is 6.35. The second-order valence-corrected chi connectivity index (χ2v) is 7.30. The van der Waals surface area contributed by atoms with E-state index in [0.29, 0.717) is 23.7 Å². The number of methoxy groups -OCH3 is 1. The number of nitrogens with one attached hydrogen (secondary N) is 1. The van der Waals surface area contributed by atoms with E-state index in [9.17, 15) is 4.79 Å². The molecule has 2 aromatic carbocycles. The average molecular weight is 429 g/mol. The lowest BCUT2D eigenvalue weighted by atomic mass is 10.1. The van der Waals surface area contributed by atoms with Crippen LogP contribution in [0, 0.1) is 0 Å². The van der Waals surface area contributed by atoms with Crippen molar-refractivity contribution in [3.05, 3.63) is 91.8 Å². The van der Waals surface area contributed by atoms with Crippen LogP contribution < -0.4 is 15.6 Å². The summed E-state index contributed by atoms with van der Waals surface area (Å²) >= 11 is 12.5. The van der Waals surface area contributed by atoms with Gasteiger partial charge in [-0.2, -0.15) is 0 Å². The number of aromatic nitrogens is 1. The number of hydrogen-bond donors (Lipinski definition) is 1. The van der Waals surface area contributed by atoms with Crippen molar-refractivity contribution >= 4 is 41.0 Å². The Kier molecular flexibility index (Phi) is 7.02. The van der Waals surface area contributed by atoms with Gasteiger partial charge >= 0.3 is 0 Å². The second kappa shape index (κ2) is 9.68. The molecule has 1 aromatic heterocycles. The molecule has 29 heavy (non-hydrogen) atoms. The summed E-state index contributed by atoms with van der Waals surface area (Å²) in [5.74, 6) is 0.761. The van der Waals surface area contributed by atoms with Gasteiger partial charge < -0.3 is 14.6 Å². The quantitative estimate of drug-likeness (QED) is 0.530. The highest BCUT2D eigenvalue weighted by atomic mass is 35.5. The topological polar surface area (TPSA) is 43.3 Å². The van der Waals surface area contributed by atoms with Crippen LogP contribution >= 0.6 is 23.2 Å². The molecule has 0 spiro atoms. The lowest BCUT2D eigenvalue weighted by Gasteiger charge is -2.13. The maximum atomic E-state index is 12.7. The Morgan fingerprint density at radius 3 is 2.48 bits per heavy atom. The number of benzene rings is 2. The van der Waals surface area contributed by atoms with Crippen LogP contribution in [0.15, 0.2) is 59.4 Å². The Labute approximate surface area is 180 Å². The fourth-order valence-corrected chi connectivity index (χ4v) is 3.55. The summed E-state index contributed by atoms with van der Waals surface area (Å²) in [6.07, 6.45) is 4.41. The fraction of sp³-hybridized carbons (Fsp3) is 0.174. The molecule has 0 radical (unpaired) electrons. The third-order valence-corrected chi connectivity index (χ3v) is 5.21. The molecule has 1 heterocycles. The van der Waals surface area contributed by atoms with Gasteiger partial charge in [-0.25, -0.2) is 0 Å².